The van der Waals surface area contributed by atoms with Crippen molar-refractivity contribution in [3.8, 4) is 5.75 Å². The molecule has 1 N–H and O–H groups in total. The number of rotatable bonds is 4. The number of ether oxygens (including phenoxy) is 1. The zero-order chi connectivity index (χ0) is 20.7. The topological polar surface area (TPSA) is 71.8 Å². The van der Waals surface area contributed by atoms with Gasteiger partial charge in [0.2, 0.25) is 11.8 Å². The van der Waals surface area contributed by atoms with Crippen molar-refractivity contribution in [2.45, 2.75) is 6.42 Å². The molecule has 5 rings (SSSR count). The van der Waals surface area contributed by atoms with Crippen LogP contribution in [0.25, 0.3) is 21.9 Å². The molecule has 1 saturated heterocycles. The molecule has 150 valence electrons. The minimum absolute atomic E-state index is 0.0620. The monoisotopic (exact) mass is 400 g/mol. The molecule has 1 aliphatic heterocycles. The minimum atomic E-state index is -0.411. The van der Waals surface area contributed by atoms with Crippen molar-refractivity contribution < 1.29 is 18.7 Å². The molecule has 0 saturated carbocycles. The van der Waals surface area contributed by atoms with Gasteiger partial charge in [0.1, 0.15) is 16.9 Å². The number of fused-ring (bicyclic) bond motifs is 3. The average Bonchev–Trinajstić information content (AvgIpc) is 3.34. The number of hydrogen-bond donors (Lipinski definition) is 1. The summed E-state index contributed by atoms with van der Waals surface area (Å²) in [6.45, 7) is 0.351. The summed E-state index contributed by atoms with van der Waals surface area (Å²) in [5, 5.41) is 4.98. The van der Waals surface area contributed by atoms with Crippen LogP contribution in [0.15, 0.2) is 71.1 Å². The molecule has 0 bridgehead atoms. The predicted molar refractivity (Wildman–Crippen MR) is 116 cm³/mol. The van der Waals surface area contributed by atoms with Crippen molar-refractivity contribution in [3.05, 3.63) is 66.7 Å². The number of methoxy groups -OCH3 is 1. The largest absolute Gasteiger partial charge is 0.497 e. The fraction of sp³-hybridized carbons (Fsp3) is 0.167. The SMILES string of the molecule is COc1ccc(N2C[C@@H](C(=O)Nc3ccc4c(c3)oc3ccccc34)CC2=O)cc1. The van der Waals surface area contributed by atoms with Crippen LogP contribution in [0.1, 0.15) is 6.42 Å². The van der Waals surface area contributed by atoms with Crippen LogP contribution in [-0.2, 0) is 9.59 Å². The summed E-state index contributed by atoms with van der Waals surface area (Å²) in [5.41, 5.74) is 2.95. The van der Waals surface area contributed by atoms with E-state index in [4.69, 9.17) is 9.15 Å². The first-order valence-corrected chi connectivity index (χ1v) is 9.79. The van der Waals surface area contributed by atoms with Gasteiger partial charge in [-0.3, -0.25) is 9.59 Å². The number of para-hydroxylation sites is 1. The Labute approximate surface area is 173 Å². The molecule has 6 nitrogen and oxygen atoms in total. The first-order chi connectivity index (χ1) is 14.6. The standard InChI is InChI=1S/C24H20N2O4/c1-29-18-9-7-17(8-10-18)26-14-15(12-23(26)27)24(28)25-16-6-11-20-19-4-2-3-5-21(19)30-22(20)13-16/h2-11,13,15H,12,14H2,1H3,(H,25,28)/t15-/m0/s1. The number of amides is 2. The van der Waals surface area contributed by atoms with Crippen LogP contribution in [0.2, 0.25) is 0 Å². The van der Waals surface area contributed by atoms with E-state index in [2.05, 4.69) is 5.32 Å². The van der Waals surface area contributed by atoms with E-state index in [0.717, 1.165) is 33.4 Å². The Morgan fingerprint density at radius 3 is 2.60 bits per heavy atom. The molecule has 2 amide bonds. The van der Waals surface area contributed by atoms with Crippen LogP contribution in [0.3, 0.4) is 0 Å². The molecule has 2 heterocycles. The Morgan fingerprint density at radius 2 is 1.80 bits per heavy atom. The van der Waals surface area contributed by atoms with Crippen LogP contribution < -0.4 is 15.0 Å². The van der Waals surface area contributed by atoms with Crippen molar-refractivity contribution in [2.75, 3.05) is 23.9 Å². The molecular formula is C24H20N2O4. The molecule has 0 spiro atoms. The summed E-state index contributed by atoms with van der Waals surface area (Å²) in [7, 11) is 1.60. The third kappa shape index (κ3) is 3.16. The van der Waals surface area contributed by atoms with Crippen molar-refractivity contribution in [1.82, 2.24) is 0 Å². The summed E-state index contributed by atoms with van der Waals surface area (Å²) in [4.78, 5) is 26.9. The van der Waals surface area contributed by atoms with E-state index in [1.54, 1.807) is 24.1 Å². The van der Waals surface area contributed by atoms with Gasteiger partial charge in [-0.1, -0.05) is 18.2 Å². The number of carbonyl (C=O) groups is 2. The van der Waals surface area contributed by atoms with Crippen molar-refractivity contribution in [3.63, 3.8) is 0 Å². The van der Waals surface area contributed by atoms with Gasteiger partial charge in [0, 0.05) is 41.2 Å². The van der Waals surface area contributed by atoms with Crippen LogP contribution >= 0.6 is 0 Å². The third-order valence-corrected chi connectivity index (χ3v) is 5.53. The van der Waals surface area contributed by atoms with Gasteiger partial charge in [-0.25, -0.2) is 0 Å². The normalized spacial score (nSPS) is 16.4. The zero-order valence-electron chi connectivity index (χ0n) is 16.4. The first kappa shape index (κ1) is 18.2. The predicted octanol–water partition coefficient (Wildman–Crippen LogP) is 4.59. The summed E-state index contributed by atoms with van der Waals surface area (Å²) >= 11 is 0. The fourth-order valence-electron chi connectivity index (χ4n) is 3.94. The van der Waals surface area contributed by atoms with Crippen molar-refractivity contribution >= 4 is 45.1 Å². The van der Waals surface area contributed by atoms with E-state index in [1.165, 1.54) is 0 Å². The van der Waals surface area contributed by atoms with Crippen LogP contribution in [0, 0.1) is 5.92 Å². The quantitative estimate of drug-likeness (QED) is 0.544. The molecule has 0 unspecified atom stereocenters. The van der Waals surface area contributed by atoms with Gasteiger partial charge in [-0.2, -0.15) is 0 Å². The van der Waals surface area contributed by atoms with E-state index in [0.29, 0.717) is 12.2 Å². The Morgan fingerprint density at radius 1 is 1.03 bits per heavy atom. The highest BCUT2D eigenvalue weighted by atomic mass is 16.5. The van der Waals surface area contributed by atoms with Crippen molar-refractivity contribution in [2.24, 2.45) is 5.92 Å². The van der Waals surface area contributed by atoms with Crippen LogP contribution in [0.4, 0.5) is 11.4 Å². The van der Waals surface area contributed by atoms with E-state index in [9.17, 15) is 9.59 Å². The van der Waals surface area contributed by atoms with Crippen LogP contribution in [0.5, 0.6) is 5.75 Å². The highest BCUT2D eigenvalue weighted by Gasteiger charge is 2.35. The maximum absolute atomic E-state index is 12.8. The molecule has 3 aromatic carbocycles. The van der Waals surface area contributed by atoms with E-state index in [1.807, 2.05) is 54.6 Å². The molecule has 1 aliphatic rings. The van der Waals surface area contributed by atoms with Gasteiger partial charge in [-0.05, 0) is 42.5 Å². The Balaban J connectivity index is 1.32. The molecule has 1 aromatic heterocycles. The van der Waals surface area contributed by atoms with E-state index < -0.39 is 5.92 Å². The van der Waals surface area contributed by atoms with Gasteiger partial charge in [-0.15, -0.1) is 0 Å². The summed E-state index contributed by atoms with van der Waals surface area (Å²) in [5.74, 6) is 0.0783. The number of nitrogens with zero attached hydrogens (tertiary/aromatic N) is 1. The smallest absolute Gasteiger partial charge is 0.229 e. The zero-order valence-corrected chi connectivity index (χ0v) is 16.4. The molecule has 6 heteroatoms. The third-order valence-electron chi connectivity index (χ3n) is 5.53. The lowest BCUT2D eigenvalue weighted by Gasteiger charge is -2.17. The highest BCUT2D eigenvalue weighted by Crippen LogP contribution is 2.31. The van der Waals surface area contributed by atoms with Crippen LogP contribution in [-0.4, -0.2) is 25.5 Å². The average molecular weight is 400 g/mol. The van der Waals surface area contributed by atoms with Gasteiger partial charge in [0.15, 0.2) is 0 Å². The molecule has 0 aliphatic carbocycles. The molecule has 4 aromatic rings. The number of carbonyl (C=O) groups excluding carboxylic acids is 2. The van der Waals surface area contributed by atoms with Crippen molar-refractivity contribution in [1.29, 1.82) is 0 Å². The minimum Gasteiger partial charge on any atom is -0.497 e. The Hall–Kier alpha value is -3.80. The second-order valence-corrected chi connectivity index (χ2v) is 7.40. The lowest BCUT2D eigenvalue weighted by Crippen LogP contribution is -2.28. The highest BCUT2D eigenvalue weighted by molar-refractivity contribution is 6.07. The summed E-state index contributed by atoms with van der Waals surface area (Å²) < 4.78 is 11.0. The maximum atomic E-state index is 12.8. The summed E-state index contributed by atoms with van der Waals surface area (Å²) in [6.07, 6.45) is 0.185. The maximum Gasteiger partial charge on any atom is 0.229 e. The number of nitrogens with one attached hydrogen (secondary N) is 1. The van der Waals surface area contributed by atoms with Gasteiger partial charge < -0.3 is 19.4 Å². The molecule has 1 fully saturated rings. The summed E-state index contributed by atoms with van der Waals surface area (Å²) in [6, 6.07) is 20.7. The number of hydrogen-bond acceptors (Lipinski definition) is 4. The molecule has 1 atom stereocenters. The molecular weight excluding hydrogens is 380 g/mol. The lowest BCUT2D eigenvalue weighted by molar-refractivity contribution is -0.122. The lowest BCUT2D eigenvalue weighted by atomic mass is 10.1. The van der Waals surface area contributed by atoms with Gasteiger partial charge >= 0.3 is 0 Å². The number of furan rings is 1. The molecule has 30 heavy (non-hydrogen) atoms. The molecule has 0 radical (unpaired) electrons. The number of anilines is 2. The second kappa shape index (κ2) is 7.22. The Kier molecular flexibility index (Phi) is 4.39. The first-order valence-electron chi connectivity index (χ1n) is 9.79. The second-order valence-electron chi connectivity index (χ2n) is 7.40. The van der Waals surface area contributed by atoms with Gasteiger partial charge in [0.05, 0.1) is 13.0 Å². The van der Waals surface area contributed by atoms with E-state index in [-0.39, 0.29) is 18.2 Å². The van der Waals surface area contributed by atoms with E-state index >= 15 is 0 Å². The Bertz CT molecular complexity index is 1260. The fourth-order valence-corrected chi connectivity index (χ4v) is 3.94. The number of benzene rings is 3. The van der Waals surface area contributed by atoms with Gasteiger partial charge in [0.25, 0.3) is 0 Å².